The molecule has 2 aliphatic heterocycles. The maximum atomic E-state index is 13.4. The minimum atomic E-state index is -3.30. The highest BCUT2D eigenvalue weighted by Crippen LogP contribution is 2.39. The Bertz CT molecular complexity index is 1490. The third-order valence-corrected chi connectivity index (χ3v) is 8.73. The molecule has 17 heteroatoms. The van der Waals surface area contributed by atoms with Gasteiger partial charge in [-0.05, 0) is 12.8 Å². The number of H-pyrrole nitrogens is 1. The van der Waals surface area contributed by atoms with E-state index >= 15 is 0 Å². The molecule has 0 radical (unpaired) electrons. The summed E-state index contributed by atoms with van der Waals surface area (Å²) in [5.41, 5.74) is 1.06. The van der Waals surface area contributed by atoms with Crippen molar-refractivity contribution in [3.8, 4) is 0 Å². The largest absolute Gasteiger partial charge is 0.380 e. The van der Waals surface area contributed by atoms with Crippen molar-refractivity contribution in [3.05, 3.63) is 30.4 Å². The molecule has 2 atom stereocenters. The third-order valence-electron chi connectivity index (χ3n) is 7.43. The van der Waals surface area contributed by atoms with E-state index < -0.39 is 16.1 Å². The van der Waals surface area contributed by atoms with Crippen LogP contribution in [0.3, 0.4) is 0 Å². The van der Waals surface area contributed by atoms with Crippen LogP contribution in [-0.4, -0.2) is 112 Å². The van der Waals surface area contributed by atoms with Gasteiger partial charge in [0.15, 0.2) is 11.6 Å². The summed E-state index contributed by atoms with van der Waals surface area (Å²) in [4.78, 5) is 39.3. The average molecular weight is 585 g/mol. The second-order valence-corrected chi connectivity index (χ2v) is 12.3. The number of hydrogen-bond acceptors (Lipinski definition) is 13. The number of aromatic nitrogens is 7. The number of carbonyl (C=O) groups is 1. The number of aromatic amines is 1. The molecule has 1 aliphatic carbocycles. The molecule has 16 nitrogen and oxygen atoms in total. The Hall–Kier alpha value is -3.96. The van der Waals surface area contributed by atoms with E-state index in [9.17, 15) is 13.2 Å². The Labute approximate surface area is 237 Å². The number of rotatable bonds is 9. The van der Waals surface area contributed by atoms with Crippen molar-refractivity contribution in [2.75, 3.05) is 66.5 Å². The van der Waals surface area contributed by atoms with Crippen molar-refractivity contribution >= 4 is 45.4 Å². The lowest BCUT2D eigenvalue weighted by Crippen LogP contribution is -2.49. The molecule has 3 fully saturated rings. The van der Waals surface area contributed by atoms with Crippen LogP contribution in [-0.2, 0) is 19.6 Å². The normalized spacial score (nSPS) is 21.7. The maximum Gasteiger partial charge on any atom is 0.248 e. The summed E-state index contributed by atoms with van der Waals surface area (Å²) in [6, 6.07) is 1.30. The van der Waals surface area contributed by atoms with Gasteiger partial charge in [0.2, 0.25) is 33.8 Å². The third kappa shape index (κ3) is 6.20. The molecule has 3 aromatic rings. The number of nitrogens with zero attached hydrogens (tertiary/aromatic N) is 9. The van der Waals surface area contributed by atoms with Crippen molar-refractivity contribution in [2.24, 2.45) is 0 Å². The van der Waals surface area contributed by atoms with Gasteiger partial charge in [-0.1, -0.05) is 0 Å². The molecule has 6 rings (SSSR count). The second-order valence-electron chi connectivity index (χ2n) is 10.4. The molecule has 0 aromatic carbocycles. The molecule has 5 heterocycles. The molecule has 2 saturated heterocycles. The van der Waals surface area contributed by atoms with Crippen LogP contribution in [0, 0.1) is 0 Å². The summed E-state index contributed by atoms with van der Waals surface area (Å²) < 4.78 is 31.1. The highest BCUT2D eigenvalue weighted by atomic mass is 32.2. The molecule has 3 aromatic heterocycles. The van der Waals surface area contributed by atoms with Gasteiger partial charge in [0, 0.05) is 76.3 Å². The molecule has 41 heavy (non-hydrogen) atoms. The molecule has 0 spiro atoms. The minimum absolute atomic E-state index is 0.227. The molecule has 3 N–H and O–H groups in total. The number of nitrogens with one attached hydrogen (secondary N) is 3. The second kappa shape index (κ2) is 11.1. The lowest BCUT2D eigenvalue weighted by Gasteiger charge is -2.33. The number of piperazine rings is 1. The number of methoxy groups -OCH3 is 1. The molecule has 1 saturated carbocycles. The minimum Gasteiger partial charge on any atom is -0.380 e. The quantitative estimate of drug-likeness (QED) is 0.312. The van der Waals surface area contributed by atoms with Crippen LogP contribution in [0.15, 0.2) is 24.7 Å². The van der Waals surface area contributed by atoms with Gasteiger partial charge in [0.1, 0.15) is 6.04 Å². The van der Waals surface area contributed by atoms with Crippen molar-refractivity contribution in [3.63, 3.8) is 0 Å². The Morgan fingerprint density at radius 1 is 1.07 bits per heavy atom. The van der Waals surface area contributed by atoms with Gasteiger partial charge >= 0.3 is 0 Å². The van der Waals surface area contributed by atoms with Gasteiger partial charge in [-0.15, -0.1) is 0 Å². The SMILES string of the molecule is CO[C@H]1C[C@@H](C(=O)Nc2cnccn2)N(c2nc(Nc3cc(C4CC4)[nH]n3)nc(N3CCN(S(C)(=O)=O)CC3)n2)C1. The highest BCUT2D eigenvalue weighted by Gasteiger charge is 2.39. The highest BCUT2D eigenvalue weighted by molar-refractivity contribution is 7.88. The average Bonchev–Trinajstić information content (AvgIpc) is 3.55. The van der Waals surface area contributed by atoms with Gasteiger partial charge in [-0.2, -0.15) is 24.4 Å². The fourth-order valence-corrected chi connectivity index (χ4v) is 5.86. The Balaban J connectivity index is 1.30. The van der Waals surface area contributed by atoms with Gasteiger partial charge in [-0.3, -0.25) is 14.9 Å². The summed E-state index contributed by atoms with van der Waals surface area (Å²) in [6.45, 7) is 1.81. The number of hydrogen-bond donors (Lipinski definition) is 3. The van der Waals surface area contributed by atoms with E-state index in [1.165, 1.54) is 29.2 Å². The van der Waals surface area contributed by atoms with Crippen LogP contribution >= 0.6 is 0 Å². The number of anilines is 5. The molecule has 0 unspecified atom stereocenters. The molecule has 0 bridgehead atoms. The van der Waals surface area contributed by atoms with E-state index in [2.05, 4.69) is 40.8 Å². The predicted molar refractivity (Wildman–Crippen MR) is 150 cm³/mol. The van der Waals surface area contributed by atoms with Crippen LogP contribution < -0.4 is 20.4 Å². The maximum absolute atomic E-state index is 13.4. The first-order valence-electron chi connectivity index (χ1n) is 13.4. The topological polar surface area (TPSA) is 187 Å². The molecule has 1 amide bonds. The number of carbonyl (C=O) groups excluding carboxylic acids is 1. The predicted octanol–water partition coefficient (Wildman–Crippen LogP) is 0.320. The van der Waals surface area contributed by atoms with Crippen LogP contribution in [0.5, 0.6) is 0 Å². The van der Waals surface area contributed by atoms with Crippen molar-refractivity contribution < 1.29 is 17.9 Å². The van der Waals surface area contributed by atoms with E-state index in [-0.39, 0.29) is 18.0 Å². The van der Waals surface area contributed by atoms with Crippen LogP contribution in [0.2, 0.25) is 0 Å². The number of ether oxygens (including phenoxy) is 1. The molecular formula is C24H32N12O4S. The first-order valence-corrected chi connectivity index (χ1v) is 15.3. The standard InChI is InChI=1S/C24H32N12O4S/c1-40-16-11-18(21(37)27-20-13-25-5-6-26-20)36(14-16)24-30-22(28-19-12-17(32-33-19)15-3-4-15)29-23(31-24)34-7-9-35(10-8-34)41(2,38)39/h5-6,12-13,15-16,18H,3-4,7-11,14H2,1-2H3,(H,26,27,37)(H2,28,29,30,31,32,33)/t16-,18-/m0/s1. The fourth-order valence-electron chi connectivity index (χ4n) is 5.03. The van der Waals surface area contributed by atoms with Crippen LogP contribution in [0.25, 0.3) is 0 Å². The van der Waals surface area contributed by atoms with E-state index in [1.807, 2.05) is 11.0 Å². The number of amides is 1. The van der Waals surface area contributed by atoms with E-state index in [0.717, 1.165) is 18.5 Å². The first kappa shape index (κ1) is 27.2. The Morgan fingerprint density at radius 3 is 2.54 bits per heavy atom. The smallest absolute Gasteiger partial charge is 0.248 e. The fraction of sp³-hybridized carbons (Fsp3) is 0.542. The summed E-state index contributed by atoms with van der Waals surface area (Å²) in [7, 11) is -1.69. The van der Waals surface area contributed by atoms with Crippen molar-refractivity contribution in [2.45, 2.75) is 37.3 Å². The lowest BCUT2D eigenvalue weighted by atomic mass is 10.2. The first-order chi connectivity index (χ1) is 19.8. The van der Waals surface area contributed by atoms with E-state index in [1.54, 1.807) is 12.0 Å². The number of sulfonamides is 1. The van der Waals surface area contributed by atoms with Gasteiger partial charge < -0.3 is 25.2 Å². The van der Waals surface area contributed by atoms with Gasteiger partial charge in [-0.25, -0.2) is 13.4 Å². The van der Waals surface area contributed by atoms with Crippen molar-refractivity contribution in [1.82, 2.24) is 39.4 Å². The van der Waals surface area contributed by atoms with Gasteiger partial charge in [0.25, 0.3) is 0 Å². The zero-order valence-corrected chi connectivity index (χ0v) is 23.6. The van der Waals surface area contributed by atoms with E-state index in [0.29, 0.717) is 68.6 Å². The zero-order chi connectivity index (χ0) is 28.6. The van der Waals surface area contributed by atoms with Crippen LogP contribution in [0.1, 0.15) is 30.9 Å². The Kier molecular flexibility index (Phi) is 7.39. The summed E-state index contributed by atoms with van der Waals surface area (Å²) >= 11 is 0. The lowest BCUT2D eigenvalue weighted by molar-refractivity contribution is -0.117. The summed E-state index contributed by atoms with van der Waals surface area (Å²) in [6.07, 6.45) is 8.18. The molecular weight excluding hydrogens is 552 g/mol. The Morgan fingerprint density at radius 2 is 1.85 bits per heavy atom. The summed E-state index contributed by atoms with van der Waals surface area (Å²) in [5.74, 6) is 2.05. The van der Waals surface area contributed by atoms with Crippen LogP contribution in [0.4, 0.5) is 29.5 Å². The van der Waals surface area contributed by atoms with Gasteiger partial charge in [0.05, 0.1) is 18.6 Å². The zero-order valence-electron chi connectivity index (χ0n) is 22.8. The van der Waals surface area contributed by atoms with E-state index in [4.69, 9.17) is 9.72 Å². The molecule has 218 valence electrons. The molecule has 3 aliphatic rings. The monoisotopic (exact) mass is 584 g/mol. The summed E-state index contributed by atoms with van der Waals surface area (Å²) in [5, 5.41) is 13.4. The van der Waals surface area contributed by atoms with Crippen molar-refractivity contribution in [1.29, 1.82) is 0 Å².